The van der Waals surface area contributed by atoms with E-state index in [1.165, 1.54) is 24.1 Å². The Hall–Kier alpha value is -0.420. The molecule has 0 radical (unpaired) electrons. The molecule has 1 unspecified atom stereocenters. The lowest BCUT2D eigenvalue weighted by molar-refractivity contribution is 0.171. The fourth-order valence-electron chi connectivity index (χ4n) is 2.11. The molecule has 0 spiro atoms. The second kappa shape index (κ2) is 5.96. The number of ether oxygens (including phenoxy) is 1. The zero-order chi connectivity index (χ0) is 12.1. The van der Waals surface area contributed by atoms with Gasteiger partial charge >= 0.3 is 0 Å². The van der Waals surface area contributed by atoms with Crippen LogP contribution in [0, 0.1) is 5.41 Å². The van der Waals surface area contributed by atoms with Gasteiger partial charge in [0.05, 0.1) is 6.04 Å². The molecular formula is C13H22N2OS. The van der Waals surface area contributed by atoms with E-state index < -0.39 is 0 Å². The molecule has 0 aromatic carbocycles. The quantitative estimate of drug-likeness (QED) is 0.747. The smallest absolute Gasteiger partial charge is 0.0516 e. The topological polar surface area (TPSA) is 47.3 Å². The van der Waals surface area contributed by atoms with Crippen LogP contribution in [0.4, 0.5) is 0 Å². The molecule has 0 bridgehead atoms. The highest BCUT2D eigenvalue weighted by Crippen LogP contribution is 2.48. The van der Waals surface area contributed by atoms with Crippen LogP contribution in [0.3, 0.4) is 0 Å². The third-order valence-electron chi connectivity index (χ3n) is 3.57. The van der Waals surface area contributed by atoms with E-state index in [9.17, 15) is 0 Å². The van der Waals surface area contributed by atoms with Gasteiger partial charge in [-0.3, -0.25) is 0 Å². The molecule has 1 aromatic heterocycles. The van der Waals surface area contributed by atoms with E-state index in [2.05, 4.69) is 22.8 Å². The monoisotopic (exact) mass is 254 g/mol. The Kier molecular flexibility index (Phi) is 4.56. The lowest BCUT2D eigenvalue weighted by atomic mass is 10.0. The number of nitrogens with two attached hydrogens (primary N) is 1. The van der Waals surface area contributed by atoms with Gasteiger partial charge in [-0.15, -0.1) is 11.3 Å². The number of nitrogens with one attached hydrogen (secondary N) is 1. The normalized spacial score (nSPS) is 19.2. The molecule has 1 heterocycles. The third-order valence-corrected chi connectivity index (χ3v) is 4.57. The summed E-state index contributed by atoms with van der Waals surface area (Å²) in [5, 5.41) is 5.59. The maximum Gasteiger partial charge on any atom is 0.0516 e. The van der Waals surface area contributed by atoms with Crippen LogP contribution in [0.15, 0.2) is 17.5 Å². The Morgan fingerprint density at radius 1 is 1.59 bits per heavy atom. The molecule has 1 fully saturated rings. The van der Waals surface area contributed by atoms with Crippen LogP contribution in [-0.2, 0) is 4.74 Å². The predicted octanol–water partition coefficient (Wildman–Crippen LogP) is 2.15. The largest absolute Gasteiger partial charge is 0.385 e. The summed E-state index contributed by atoms with van der Waals surface area (Å²) in [7, 11) is 1.77. The van der Waals surface area contributed by atoms with Crippen molar-refractivity contribution in [3.05, 3.63) is 22.4 Å². The van der Waals surface area contributed by atoms with E-state index in [0.717, 1.165) is 19.7 Å². The first kappa shape index (κ1) is 13.0. The lowest BCUT2D eigenvalue weighted by Crippen LogP contribution is -2.31. The van der Waals surface area contributed by atoms with Gasteiger partial charge in [-0.25, -0.2) is 0 Å². The van der Waals surface area contributed by atoms with Gasteiger partial charge in [0.1, 0.15) is 0 Å². The molecule has 3 N–H and O–H groups in total. The van der Waals surface area contributed by atoms with Crippen LogP contribution < -0.4 is 11.1 Å². The van der Waals surface area contributed by atoms with Crippen molar-refractivity contribution in [3.8, 4) is 0 Å². The molecular weight excluding hydrogens is 232 g/mol. The van der Waals surface area contributed by atoms with Crippen LogP contribution >= 0.6 is 11.3 Å². The molecule has 4 heteroatoms. The summed E-state index contributed by atoms with van der Waals surface area (Å²) in [6, 6.07) is 4.29. The summed E-state index contributed by atoms with van der Waals surface area (Å²) in [6.45, 7) is 2.82. The second-order valence-electron chi connectivity index (χ2n) is 5.00. The van der Waals surface area contributed by atoms with Crippen molar-refractivity contribution in [2.24, 2.45) is 11.1 Å². The predicted molar refractivity (Wildman–Crippen MR) is 72.3 cm³/mol. The van der Waals surface area contributed by atoms with E-state index in [0.29, 0.717) is 5.41 Å². The van der Waals surface area contributed by atoms with Gasteiger partial charge in [0.2, 0.25) is 0 Å². The summed E-state index contributed by atoms with van der Waals surface area (Å²) in [5.74, 6) is 0. The van der Waals surface area contributed by atoms with Gasteiger partial charge in [-0.2, -0.15) is 0 Å². The summed E-state index contributed by atoms with van der Waals surface area (Å²) in [4.78, 5) is 1.26. The average molecular weight is 254 g/mol. The fraction of sp³-hybridized carbons (Fsp3) is 0.692. The first-order valence-corrected chi connectivity index (χ1v) is 7.12. The van der Waals surface area contributed by atoms with Crippen molar-refractivity contribution in [2.45, 2.75) is 25.3 Å². The third kappa shape index (κ3) is 3.78. The zero-order valence-electron chi connectivity index (χ0n) is 10.4. The van der Waals surface area contributed by atoms with E-state index in [4.69, 9.17) is 10.5 Å². The Morgan fingerprint density at radius 3 is 3.00 bits per heavy atom. The minimum Gasteiger partial charge on any atom is -0.385 e. The Morgan fingerprint density at radius 2 is 2.41 bits per heavy atom. The maximum absolute atomic E-state index is 6.11. The van der Waals surface area contributed by atoms with Crippen molar-refractivity contribution in [1.29, 1.82) is 0 Å². The van der Waals surface area contributed by atoms with E-state index >= 15 is 0 Å². The maximum atomic E-state index is 6.11. The van der Waals surface area contributed by atoms with Crippen LogP contribution in [0.25, 0.3) is 0 Å². The van der Waals surface area contributed by atoms with Gasteiger partial charge in [-0.1, -0.05) is 6.07 Å². The van der Waals surface area contributed by atoms with E-state index in [-0.39, 0.29) is 6.04 Å². The van der Waals surface area contributed by atoms with Gasteiger partial charge in [0.15, 0.2) is 0 Å². The van der Waals surface area contributed by atoms with Crippen molar-refractivity contribution >= 4 is 11.3 Å². The molecule has 0 aliphatic heterocycles. The molecule has 3 nitrogen and oxygen atoms in total. The van der Waals surface area contributed by atoms with Crippen LogP contribution in [0.2, 0.25) is 0 Å². The minimum atomic E-state index is 0.133. The molecule has 0 saturated heterocycles. The van der Waals surface area contributed by atoms with E-state index in [1.54, 1.807) is 18.4 Å². The number of hydrogen-bond acceptors (Lipinski definition) is 4. The number of thiophene rings is 1. The van der Waals surface area contributed by atoms with Crippen molar-refractivity contribution in [3.63, 3.8) is 0 Å². The zero-order valence-corrected chi connectivity index (χ0v) is 11.3. The standard InChI is InChI=1S/C13H22N2OS/c1-16-7-6-13(4-5-13)10-15-9-11(14)12-3-2-8-17-12/h2-3,8,11,15H,4-7,9-10,14H2,1H3. The molecule has 96 valence electrons. The highest BCUT2D eigenvalue weighted by atomic mass is 32.1. The van der Waals surface area contributed by atoms with Crippen molar-refractivity contribution in [1.82, 2.24) is 5.32 Å². The Bertz CT molecular complexity index is 322. The molecule has 1 saturated carbocycles. The molecule has 17 heavy (non-hydrogen) atoms. The first-order chi connectivity index (χ1) is 8.26. The molecule has 1 aliphatic carbocycles. The van der Waals surface area contributed by atoms with Crippen LogP contribution in [0.1, 0.15) is 30.2 Å². The number of rotatable bonds is 8. The number of hydrogen-bond donors (Lipinski definition) is 2. The SMILES string of the molecule is COCCC1(CNCC(N)c2cccs2)CC1. The average Bonchev–Trinajstić information content (AvgIpc) is 2.89. The summed E-state index contributed by atoms with van der Waals surface area (Å²) < 4.78 is 5.15. The Balaban J connectivity index is 1.66. The molecule has 0 amide bonds. The lowest BCUT2D eigenvalue weighted by Gasteiger charge is -2.17. The van der Waals surface area contributed by atoms with Crippen LogP contribution in [0.5, 0.6) is 0 Å². The van der Waals surface area contributed by atoms with Gasteiger partial charge in [0, 0.05) is 31.7 Å². The van der Waals surface area contributed by atoms with Crippen molar-refractivity contribution in [2.75, 3.05) is 26.8 Å². The van der Waals surface area contributed by atoms with E-state index in [1.807, 2.05) is 0 Å². The molecule has 1 aromatic rings. The highest BCUT2D eigenvalue weighted by molar-refractivity contribution is 7.10. The fourth-order valence-corrected chi connectivity index (χ4v) is 2.84. The highest BCUT2D eigenvalue weighted by Gasteiger charge is 2.41. The Labute approximate surface area is 107 Å². The second-order valence-corrected chi connectivity index (χ2v) is 5.97. The van der Waals surface area contributed by atoms with Gasteiger partial charge in [-0.05, 0) is 36.1 Å². The first-order valence-electron chi connectivity index (χ1n) is 6.24. The van der Waals surface area contributed by atoms with Gasteiger partial charge < -0.3 is 15.8 Å². The summed E-state index contributed by atoms with van der Waals surface area (Å²) in [6.07, 6.45) is 3.83. The number of methoxy groups -OCH3 is 1. The summed E-state index contributed by atoms with van der Waals surface area (Å²) >= 11 is 1.73. The molecule has 1 atom stereocenters. The molecule has 2 rings (SSSR count). The molecule has 1 aliphatic rings. The minimum absolute atomic E-state index is 0.133. The summed E-state index contributed by atoms with van der Waals surface area (Å²) in [5.41, 5.74) is 6.62. The van der Waals surface area contributed by atoms with Crippen LogP contribution in [-0.4, -0.2) is 26.8 Å². The van der Waals surface area contributed by atoms with Gasteiger partial charge in [0.25, 0.3) is 0 Å². The van der Waals surface area contributed by atoms with Crippen molar-refractivity contribution < 1.29 is 4.74 Å².